The average molecular weight is 230 g/mol. The summed E-state index contributed by atoms with van der Waals surface area (Å²) < 4.78 is 5.26. The third-order valence-corrected chi connectivity index (χ3v) is 1.72. The highest BCUT2D eigenvalue weighted by atomic mass is 16.8. The molecule has 1 rings (SSSR count). The molecule has 1 aromatic heterocycles. The summed E-state index contributed by atoms with van der Waals surface area (Å²) in [5.74, 6) is -0.774. The van der Waals surface area contributed by atoms with E-state index in [4.69, 9.17) is 14.9 Å². The largest absolute Gasteiger partial charge is 0.534 e. The Bertz CT molecular complexity index is 341. The molecule has 1 aromatic rings. The molecule has 2 N–H and O–H groups in total. The van der Waals surface area contributed by atoms with Crippen molar-refractivity contribution in [3.63, 3.8) is 0 Å². The van der Waals surface area contributed by atoms with Crippen molar-refractivity contribution in [2.75, 3.05) is 27.2 Å². The molecule has 0 aliphatic carbocycles. The van der Waals surface area contributed by atoms with Crippen LogP contribution in [0.1, 0.15) is 0 Å². The predicted molar refractivity (Wildman–Crippen MR) is 54.2 cm³/mol. The van der Waals surface area contributed by atoms with Gasteiger partial charge in [0.2, 0.25) is 11.8 Å². The van der Waals surface area contributed by atoms with Gasteiger partial charge in [-0.1, -0.05) is 0 Å². The minimum absolute atomic E-state index is 0.161. The quantitative estimate of drug-likeness (QED) is 0.710. The van der Waals surface area contributed by atoms with Crippen LogP contribution in [0.15, 0.2) is 12.1 Å². The molecule has 0 unspecified atom stereocenters. The first-order valence-corrected chi connectivity index (χ1v) is 4.60. The molecule has 0 saturated carbocycles. The number of aromatic nitrogens is 1. The maximum atomic E-state index is 11.1. The van der Waals surface area contributed by atoms with Crippen molar-refractivity contribution >= 4 is 6.16 Å². The molecule has 0 amide bonds. The zero-order valence-electron chi connectivity index (χ0n) is 9.08. The number of likely N-dealkylation sites (N-methyl/N-ethyl adjacent to an activating group) is 1. The van der Waals surface area contributed by atoms with E-state index in [0.29, 0.717) is 11.3 Å². The van der Waals surface area contributed by atoms with E-state index in [1.807, 2.05) is 19.0 Å². The lowest BCUT2D eigenvalue weighted by Gasteiger charge is -2.10. The fraction of sp³-hybridized carbons (Fsp3) is 0.444. The molecule has 0 aliphatic rings. The number of hydrogen-bond acceptors (Lipinski definition) is 6. The topological polar surface area (TPSA) is 84.2 Å². The van der Waals surface area contributed by atoms with Crippen molar-refractivity contribution in [3.8, 4) is 11.8 Å². The molecule has 0 spiro atoms. The van der Waals surface area contributed by atoms with Gasteiger partial charge < -0.3 is 19.8 Å². The highest BCUT2D eigenvalue weighted by Gasteiger charge is 2.12. The van der Waals surface area contributed by atoms with Gasteiger partial charge in [-0.25, -0.2) is 4.79 Å². The van der Waals surface area contributed by atoms with Gasteiger partial charge in [0.15, 0.2) is 0 Å². The number of rotatable bonds is 4. The summed E-state index contributed by atoms with van der Waals surface area (Å²) in [4.78, 5) is 17.5. The van der Waals surface area contributed by atoms with Gasteiger partial charge in [0, 0.05) is 18.7 Å². The van der Waals surface area contributed by atoms with Crippen LogP contribution in [0, 0.1) is 0 Å². The van der Waals surface area contributed by atoms with Gasteiger partial charge in [0.25, 0.3) is 0 Å². The Kier molecular flexibility index (Phi) is 4.01. The lowest BCUT2D eigenvalue weighted by atomic mass is 10.6. The lowest BCUT2D eigenvalue weighted by molar-refractivity contribution is 0.0326. The van der Waals surface area contributed by atoms with E-state index in [1.54, 1.807) is 0 Å². The molecule has 0 radical (unpaired) electrons. The van der Waals surface area contributed by atoms with Crippen molar-refractivity contribution in [2.24, 2.45) is 0 Å². The Morgan fingerprint density at radius 3 is 2.44 bits per heavy atom. The van der Waals surface area contributed by atoms with Crippen LogP contribution in [0.5, 0.6) is 11.8 Å². The molecular weight excluding hydrogens is 216 g/mol. The van der Waals surface area contributed by atoms with Crippen LogP contribution in [-0.2, 0) is 4.74 Å². The molecule has 0 saturated heterocycles. The second kappa shape index (κ2) is 5.26. The van der Waals surface area contributed by atoms with Gasteiger partial charge in [0.05, 0.1) is 0 Å². The molecule has 7 heteroatoms. The van der Waals surface area contributed by atoms with Crippen LogP contribution in [0.3, 0.4) is 0 Å². The molecule has 90 valence electrons. The Labute approximate surface area is 92.4 Å². The van der Waals surface area contributed by atoms with Crippen LogP contribution in [0.25, 0.3) is 0 Å². The van der Waals surface area contributed by atoms with Crippen molar-refractivity contribution < 1.29 is 24.6 Å². The van der Waals surface area contributed by atoms with E-state index in [1.165, 1.54) is 12.1 Å². The number of nitrogens with zero attached hydrogens (tertiary/aromatic N) is 2. The second-order valence-electron chi connectivity index (χ2n) is 3.34. The molecule has 0 atom stereocenters. The third-order valence-electron chi connectivity index (χ3n) is 1.72. The maximum Gasteiger partial charge on any atom is 0.534 e. The summed E-state index contributed by atoms with van der Waals surface area (Å²) >= 11 is 0. The minimum atomic E-state index is -0.997. The highest BCUT2D eigenvalue weighted by Crippen LogP contribution is 2.18. The second-order valence-corrected chi connectivity index (χ2v) is 3.34. The van der Waals surface area contributed by atoms with Crippen molar-refractivity contribution in [1.82, 2.24) is 9.63 Å². The summed E-state index contributed by atoms with van der Waals surface area (Å²) in [5, 5.41) is 18.3. The Morgan fingerprint density at radius 2 is 1.94 bits per heavy atom. The molecule has 0 aliphatic heterocycles. The number of aromatic hydroxyl groups is 2. The van der Waals surface area contributed by atoms with Gasteiger partial charge in [-0.2, -0.15) is 0 Å². The summed E-state index contributed by atoms with van der Waals surface area (Å²) in [6.07, 6.45) is -0.997. The minimum Gasteiger partial charge on any atom is -0.492 e. The van der Waals surface area contributed by atoms with Gasteiger partial charge in [0.1, 0.15) is 6.61 Å². The average Bonchev–Trinajstić information content (AvgIpc) is 2.49. The first-order chi connectivity index (χ1) is 7.50. The molecule has 7 nitrogen and oxygen atoms in total. The van der Waals surface area contributed by atoms with Crippen molar-refractivity contribution in [1.29, 1.82) is 0 Å². The van der Waals surface area contributed by atoms with Crippen LogP contribution in [-0.4, -0.2) is 53.2 Å². The van der Waals surface area contributed by atoms with Gasteiger partial charge in [-0.05, 0) is 14.1 Å². The summed E-state index contributed by atoms with van der Waals surface area (Å²) in [7, 11) is 3.66. The number of ether oxygens (including phenoxy) is 1. The van der Waals surface area contributed by atoms with E-state index in [2.05, 4.69) is 4.84 Å². The zero-order valence-corrected chi connectivity index (χ0v) is 9.08. The summed E-state index contributed by atoms with van der Waals surface area (Å²) in [6, 6.07) is 2.37. The monoisotopic (exact) mass is 230 g/mol. The van der Waals surface area contributed by atoms with E-state index in [-0.39, 0.29) is 18.4 Å². The van der Waals surface area contributed by atoms with Gasteiger partial charge in [-0.15, -0.1) is 4.73 Å². The Balaban J connectivity index is 2.40. The third kappa shape index (κ3) is 3.35. The van der Waals surface area contributed by atoms with Crippen LogP contribution < -0.4 is 4.84 Å². The lowest BCUT2D eigenvalue weighted by Crippen LogP contribution is -2.25. The van der Waals surface area contributed by atoms with Gasteiger partial charge in [-0.3, -0.25) is 4.84 Å². The number of carbonyl (C=O) groups excluding carboxylic acids is 1. The fourth-order valence-corrected chi connectivity index (χ4v) is 0.908. The van der Waals surface area contributed by atoms with E-state index in [0.717, 1.165) is 0 Å². The number of hydrogen-bond donors (Lipinski definition) is 2. The molecule has 16 heavy (non-hydrogen) atoms. The predicted octanol–water partition coefficient (Wildman–Crippen LogP) is 0.0261. The Hall–Kier alpha value is -1.89. The SMILES string of the molecule is CN(C)CCOC(=O)On1c(O)ccc1O. The van der Waals surface area contributed by atoms with E-state index >= 15 is 0 Å². The molecular formula is C9H14N2O5. The maximum absolute atomic E-state index is 11.1. The highest BCUT2D eigenvalue weighted by molar-refractivity contribution is 5.60. The first kappa shape index (κ1) is 12.2. The molecule has 0 fully saturated rings. The van der Waals surface area contributed by atoms with Crippen LogP contribution >= 0.6 is 0 Å². The van der Waals surface area contributed by atoms with Crippen LogP contribution in [0.2, 0.25) is 0 Å². The molecule has 1 heterocycles. The van der Waals surface area contributed by atoms with Crippen molar-refractivity contribution in [3.05, 3.63) is 12.1 Å². The Morgan fingerprint density at radius 1 is 1.38 bits per heavy atom. The zero-order chi connectivity index (χ0) is 12.1. The van der Waals surface area contributed by atoms with Gasteiger partial charge >= 0.3 is 6.16 Å². The summed E-state index contributed by atoms with van der Waals surface area (Å²) in [5.41, 5.74) is 0. The standard InChI is InChI=1S/C9H14N2O5/c1-10(2)5-6-15-9(14)16-11-7(12)3-4-8(11)13/h3-4,12-13H,5-6H2,1-2H3. The normalized spacial score (nSPS) is 10.4. The fourth-order valence-electron chi connectivity index (χ4n) is 0.908. The van der Waals surface area contributed by atoms with E-state index in [9.17, 15) is 4.79 Å². The van der Waals surface area contributed by atoms with Crippen LogP contribution in [0.4, 0.5) is 4.79 Å². The van der Waals surface area contributed by atoms with Crippen molar-refractivity contribution in [2.45, 2.75) is 0 Å². The first-order valence-electron chi connectivity index (χ1n) is 4.60. The van der Waals surface area contributed by atoms with E-state index < -0.39 is 6.16 Å². The smallest absolute Gasteiger partial charge is 0.492 e. The number of carbonyl (C=O) groups is 1. The molecule has 0 bridgehead atoms. The summed E-state index contributed by atoms with van der Waals surface area (Å²) in [6.45, 7) is 0.716. The molecule has 0 aromatic carbocycles.